The van der Waals surface area contributed by atoms with Crippen molar-refractivity contribution in [2.24, 2.45) is 5.11 Å². The lowest BCUT2D eigenvalue weighted by Gasteiger charge is -2.35. The van der Waals surface area contributed by atoms with E-state index in [-0.39, 0.29) is 6.10 Å². The molecule has 0 spiro atoms. The molecule has 2 bridgehead atoms. The minimum Gasteiger partial charge on any atom is -0.390 e. The Bertz CT molecular complexity index is 506. The highest BCUT2D eigenvalue weighted by Gasteiger charge is 2.50. The van der Waals surface area contributed by atoms with Crippen molar-refractivity contribution >= 4 is 0 Å². The van der Waals surface area contributed by atoms with E-state index in [0.29, 0.717) is 13.2 Å². The van der Waals surface area contributed by atoms with Gasteiger partial charge in [0.05, 0.1) is 19.3 Å². The molecule has 5 atom stereocenters. The summed E-state index contributed by atoms with van der Waals surface area (Å²) in [4.78, 5) is 2.73. The molecule has 7 heteroatoms. The number of nitrogens with zero attached hydrogens (tertiary/aromatic N) is 3. The molecule has 106 valence electrons. The summed E-state index contributed by atoms with van der Waals surface area (Å²) in [6.45, 7) is 0.689. The van der Waals surface area contributed by atoms with Crippen LogP contribution in [0, 0.1) is 0 Å². The molecule has 0 aromatic heterocycles. The maximum absolute atomic E-state index is 10.3. The van der Waals surface area contributed by atoms with Crippen LogP contribution in [0.1, 0.15) is 5.56 Å². The van der Waals surface area contributed by atoms with Crippen molar-refractivity contribution in [1.29, 1.82) is 0 Å². The zero-order valence-corrected chi connectivity index (χ0v) is 10.7. The molecule has 7 nitrogen and oxygen atoms in total. The van der Waals surface area contributed by atoms with Gasteiger partial charge in [-0.1, -0.05) is 35.4 Å². The van der Waals surface area contributed by atoms with E-state index < -0.39 is 24.5 Å². The number of aliphatic hydroxyl groups excluding tert-OH is 1. The van der Waals surface area contributed by atoms with E-state index in [0.717, 1.165) is 5.56 Å². The third-order valence-corrected chi connectivity index (χ3v) is 3.54. The number of rotatable bonds is 4. The highest BCUT2D eigenvalue weighted by atomic mass is 16.8. The molecule has 0 amide bonds. The van der Waals surface area contributed by atoms with Gasteiger partial charge in [-0.2, -0.15) is 0 Å². The van der Waals surface area contributed by atoms with Gasteiger partial charge in [0, 0.05) is 4.91 Å². The van der Waals surface area contributed by atoms with E-state index in [2.05, 4.69) is 10.0 Å². The Hall–Kier alpha value is -1.63. The Kier molecular flexibility index (Phi) is 3.86. The van der Waals surface area contributed by atoms with Crippen molar-refractivity contribution < 1.29 is 19.3 Å². The van der Waals surface area contributed by atoms with Gasteiger partial charge in [0.2, 0.25) is 0 Å². The average Bonchev–Trinajstić information content (AvgIpc) is 2.90. The number of azide groups is 1. The predicted molar refractivity (Wildman–Crippen MR) is 68.6 cm³/mol. The first kappa shape index (κ1) is 13.4. The van der Waals surface area contributed by atoms with Gasteiger partial charge in [0.25, 0.3) is 0 Å². The van der Waals surface area contributed by atoms with Crippen molar-refractivity contribution in [1.82, 2.24) is 0 Å². The molecule has 2 saturated heterocycles. The number of ether oxygens (including phenoxy) is 3. The first-order chi connectivity index (χ1) is 9.79. The van der Waals surface area contributed by atoms with Crippen LogP contribution in [0.5, 0.6) is 0 Å². The topological polar surface area (TPSA) is 96.7 Å². The summed E-state index contributed by atoms with van der Waals surface area (Å²) in [6, 6.07) is 8.87. The standard InChI is InChI=1S/C13H15N3O4/c14-16-15-10-11(17)12(9-7-19-13(10)20-9)18-6-8-4-2-1-3-5-8/h1-5,9-13,17H,6-7H2/t9-,10-,11-,12-,13-/m1/s1/i7+1. The average molecular weight is 278 g/mol. The quantitative estimate of drug-likeness (QED) is 0.389. The molecule has 2 heterocycles. The van der Waals surface area contributed by atoms with Crippen LogP contribution in [0.15, 0.2) is 35.4 Å². The fourth-order valence-electron chi connectivity index (χ4n) is 2.52. The molecule has 3 rings (SSSR count). The number of fused-ring (bicyclic) bond motifs is 2. The van der Waals surface area contributed by atoms with Crippen molar-refractivity contribution in [3.05, 3.63) is 46.3 Å². The lowest BCUT2D eigenvalue weighted by Crippen LogP contribution is -2.53. The van der Waals surface area contributed by atoms with Crippen molar-refractivity contribution in [3.63, 3.8) is 0 Å². The van der Waals surface area contributed by atoms with Gasteiger partial charge in [-0.05, 0) is 11.1 Å². The molecule has 0 radical (unpaired) electrons. The third kappa shape index (κ3) is 2.49. The lowest BCUT2D eigenvalue weighted by molar-refractivity contribution is -0.195. The van der Waals surface area contributed by atoms with E-state index in [9.17, 15) is 5.11 Å². The molecular formula is C13H15N3O4. The highest BCUT2D eigenvalue weighted by molar-refractivity contribution is 5.13. The molecule has 20 heavy (non-hydrogen) atoms. The number of aliphatic hydroxyl groups is 1. The van der Waals surface area contributed by atoms with Gasteiger partial charge in [-0.25, -0.2) is 0 Å². The smallest absolute Gasteiger partial charge is 0.169 e. The Morgan fingerprint density at radius 1 is 1.40 bits per heavy atom. The summed E-state index contributed by atoms with van der Waals surface area (Å²) < 4.78 is 16.7. The lowest BCUT2D eigenvalue weighted by atomic mass is 10.0. The second-order valence-corrected chi connectivity index (χ2v) is 4.82. The van der Waals surface area contributed by atoms with Gasteiger partial charge >= 0.3 is 0 Å². The molecule has 2 aliphatic heterocycles. The fraction of sp³-hybridized carbons (Fsp3) is 0.538. The van der Waals surface area contributed by atoms with Gasteiger partial charge < -0.3 is 19.3 Å². The second kappa shape index (κ2) is 5.78. The number of hydrogen-bond acceptors (Lipinski definition) is 5. The first-order valence-electron chi connectivity index (χ1n) is 6.44. The van der Waals surface area contributed by atoms with Gasteiger partial charge in [-0.15, -0.1) is 0 Å². The Morgan fingerprint density at radius 2 is 2.20 bits per heavy atom. The van der Waals surface area contributed by atoms with Crippen LogP contribution < -0.4 is 0 Å². The molecule has 1 aromatic rings. The highest BCUT2D eigenvalue weighted by Crippen LogP contribution is 2.32. The van der Waals surface area contributed by atoms with Crippen LogP contribution in [-0.2, 0) is 20.8 Å². The monoisotopic (exact) mass is 278 g/mol. The van der Waals surface area contributed by atoms with Crippen LogP contribution in [-0.4, -0.2) is 42.4 Å². The number of hydrogen-bond donors (Lipinski definition) is 1. The minimum atomic E-state index is -0.930. The van der Waals surface area contributed by atoms with Crippen LogP contribution in [0.25, 0.3) is 10.4 Å². The summed E-state index contributed by atoms with van der Waals surface area (Å²) >= 11 is 0. The van der Waals surface area contributed by atoms with E-state index in [1.807, 2.05) is 30.3 Å². The Morgan fingerprint density at radius 3 is 2.95 bits per heavy atom. The summed E-state index contributed by atoms with van der Waals surface area (Å²) in [5.41, 5.74) is 9.55. The van der Waals surface area contributed by atoms with E-state index in [1.54, 1.807) is 0 Å². The van der Waals surface area contributed by atoms with Crippen LogP contribution >= 0.6 is 0 Å². The summed E-state index contributed by atoms with van der Waals surface area (Å²) in [5, 5.41) is 13.8. The molecule has 1 aromatic carbocycles. The maximum atomic E-state index is 10.3. The zero-order chi connectivity index (χ0) is 13.9. The Labute approximate surface area is 115 Å². The van der Waals surface area contributed by atoms with Crippen LogP contribution in [0.2, 0.25) is 0 Å². The Balaban J connectivity index is 1.70. The zero-order valence-electron chi connectivity index (χ0n) is 10.7. The van der Waals surface area contributed by atoms with E-state index in [1.165, 1.54) is 0 Å². The number of benzene rings is 1. The van der Waals surface area contributed by atoms with Gasteiger partial charge in [0.15, 0.2) is 6.29 Å². The molecule has 0 unspecified atom stereocenters. The van der Waals surface area contributed by atoms with Crippen molar-refractivity contribution in [2.75, 3.05) is 6.61 Å². The predicted octanol–water partition coefficient (Wildman–Crippen LogP) is 1.37. The largest absolute Gasteiger partial charge is 0.390 e. The minimum absolute atomic E-state index is 0.330. The second-order valence-electron chi connectivity index (χ2n) is 4.82. The van der Waals surface area contributed by atoms with Crippen molar-refractivity contribution in [3.8, 4) is 0 Å². The van der Waals surface area contributed by atoms with Crippen LogP contribution in [0.3, 0.4) is 0 Å². The van der Waals surface area contributed by atoms with Crippen molar-refractivity contribution in [2.45, 2.75) is 37.3 Å². The molecular weight excluding hydrogens is 263 g/mol. The summed E-state index contributed by atoms with van der Waals surface area (Å²) in [7, 11) is 0. The van der Waals surface area contributed by atoms with Crippen LogP contribution in [0.4, 0.5) is 0 Å². The van der Waals surface area contributed by atoms with E-state index in [4.69, 9.17) is 19.7 Å². The fourth-order valence-corrected chi connectivity index (χ4v) is 2.52. The summed E-state index contributed by atoms with van der Waals surface area (Å²) in [6.07, 6.45) is -2.50. The van der Waals surface area contributed by atoms with Gasteiger partial charge in [0.1, 0.15) is 18.2 Å². The van der Waals surface area contributed by atoms with E-state index >= 15 is 0 Å². The maximum Gasteiger partial charge on any atom is 0.169 e. The molecule has 0 saturated carbocycles. The molecule has 0 aliphatic carbocycles. The SMILES string of the molecule is [N-]=[N+]=N[C@H]1[C@@H]2O[13CH2][C@@H](O2)[C@@H](OCc2ccccc2)[C@@H]1O. The van der Waals surface area contributed by atoms with Gasteiger partial charge in [-0.3, -0.25) is 0 Å². The normalized spacial score (nSPS) is 35.5. The molecule has 2 aliphatic rings. The molecule has 1 N–H and O–H groups in total. The first-order valence-corrected chi connectivity index (χ1v) is 6.44. The third-order valence-electron chi connectivity index (χ3n) is 3.54. The molecule has 2 fully saturated rings. The summed E-state index contributed by atoms with van der Waals surface area (Å²) in [5.74, 6) is 0.